The van der Waals surface area contributed by atoms with Crippen molar-refractivity contribution < 1.29 is 0 Å². The van der Waals surface area contributed by atoms with Crippen molar-refractivity contribution in [1.82, 2.24) is 14.9 Å². The summed E-state index contributed by atoms with van der Waals surface area (Å²) in [5.74, 6) is 1.43. The predicted molar refractivity (Wildman–Crippen MR) is 59.2 cm³/mol. The Morgan fingerprint density at radius 3 is 2.33 bits per heavy atom. The minimum absolute atomic E-state index is 0.642. The van der Waals surface area contributed by atoms with Gasteiger partial charge in [0.2, 0.25) is 5.95 Å². The average Bonchev–Trinajstić information content (AvgIpc) is 2.30. The average molecular weight is 205 g/mol. The van der Waals surface area contributed by atoms with Gasteiger partial charge < -0.3 is 9.80 Å². The van der Waals surface area contributed by atoms with Crippen LogP contribution in [0.1, 0.15) is 6.92 Å². The van der Waals surface area contributed by atoms with Gasteiger partial charge in [-0.2, -0.15) is 0 Å². The highest BCUT2D eigenvalue weighted by molar-refractivity contribution is 5.76. The van der Waals surface area contributed by atoms with Crippen molar-refractivity contribution in [2.75, 3.05) is 31.1 Å². The lowest BCUT2D eigenvalue weighted by atomic mass is 10.3. The zero-order chi connectivity index (χ0) is 10.7. The van der Waals surface area contributed by atoms with Crippen LogP contribution < -0.4 is 4.90 Å². The number of rotatable bonds is 1. The van der Waals surface area contributed by atoms with Gasteiger partial charge in [-0.3, -0.25) is 5.41 Å². The second kappa shape index (κ2) is 4.25. The molecule has 0 amide bonds. The maximum absolute atomic E-state index is 7.54. The molecule has 2 heterocycles. The quantitative estimate of drug-likeness (QED) is 0.538. The van der Waals surface area contributed by atoms with Gasteiger partial charge in [-0.25, -0.2) is 9.97 Å². The third-order valence-corrected chi connectivity index (χ3v) is 2.59. The van der Waals surface area contributed by atoms with E-state index in [4.69, 9.17) is 5.41 Å². The summed E-state index contributed by atoms with van der Waals surface area (Å²) in [6.07, 6.45) is 3.52. The molecule has 1 aliphatic heterocycles. The fourth-order valence-electron chi connectivity index (χ4n) is 1.70. The van der Waals surface area contributed by atoms with Crippen LogP contribution in [0.25, 0.3) is 0 Å². The predicted octanol–water partition coefficient (Wildman–Crippen LogP) is 0.596. The molecule has 1 fully saturated rings. The van der Waals surface area contributed by atoms with E-state index in [0.717, 1.165) is 32.1 Å². The second-order valence-corrected chi connectivity index (χ2v) is 3.61. The van der Waals surface area contributed by atoms with Gasteiger partial charge in [0.25, 0.3) is 0 Å². The second-order valence-electron chi connectivity index (χ2n) is 3.61. The van der Waals surface area contributed by atoms with Crippen molar-refractivity contribution in [2.24, 2.45) is 0 Å². The topological polar surface area (TPSA) is 56.1 Å². The summed E-state index contributed by atoms with van der Waals surface area (Å²) >= 11 is 0. The number of hydrogen-bond acceptors (Lipinski definition) is 4. The molecule has 0 bridgehead atoms. The third-order valence-electron chi connectivity index (χ3n) is 2.59. The summed E-state index contributed by atoms with van der Waals surface area (Å²) < 4.78 is 0. The van der Waals surface area contributed by atoms with Gasteiger partial charge in [-0.05, 0) is 13.0 Å². The molecule has 5 heteroatoms. The molecule has 15 heavy (non-hydrogen) atoms. The van der Waals surface area contributed by atoms with Gasteiger partial charge >= 0.3 is 0 Å². The molecule has 0 radical (unpaired) electrons. The highest BCUT2D eigenvalue weighted by atomic mass is 15.3. The molecule has 0 atom stereocenters. The molecule has 0 aliphatic carbocycles. The summed E-state index contributed by atoms with van der Waals surface area (Å²) in [5, 5.41) is 7.54. The van der Waals surface area contributed by atoms with Gasteiger partial charge in [-0.15, -0.1) is 0 Å². The first-order valence-electron chi connectivity index (χ1n) is 5.09. The number of amidine groups is 1. The highest BCUT2D eigenvalue weighted by Gasteiger charge is 2.18. The van der Waals surface area contributed by atoms with Crippen LogP contribution >= 0.6 is 0 Å². The number of nitrogens with zero attached hydrogens (tertiary/aromatic N) is 4. The van der Waals surface area contributed by atoms with Crippen molar-refractivity contribution in [1.29, 1.82) is 5.41 Å². The van der Waals surface area contributed by atoms with Crippen molar-refractivity contribution >= 4 is 11.8 Å². The summed E-state index contributed by atoms with van der Waals surface area (Å²) in [7, 11) is 0. The van der Waals surface area contributed by atoms with Gasteiger partial charge in [0.15, 0.2) is 0 Å². The SMILES string of the molecule is CC(=N)N1CCN(c2ncccn2)CC1. The molecule has 0 aromatic carbocycles. The van der Waals surface area contributed by atoms with Crippen molar-refractivity contribution in [3.8, 4) is 0 Å². The fourth-order valence-corrected chi connectivity index (χ4v) is 1.70. The lowest BCUT2D eigenvalue weighted by Crippen LogP contribution is -2.48. The Morgan fingerprint density at radius 2 is 1.80 bits per heavy atom. The zero-order valence-corrected chi connectivity index (χ0v) is 8.85. The van der Waals surface area contributed by atoms with E-state index in [-0.39, 0.29) is 0 Å². The first-order chi connectivity index (χ1) is 7.27. The molecule has 5 nitrogen and oxygen atoms in total. The van der Waals surface area contributed by atoms with Crippen molar-refractivity contribution in [2.45, 2.75) is 6.92 Å². The standard InChI is InChI=1S/C10H15N5/c1-9(11)14-5-7-15(8-6-14)10-12-3-2-4-13-10/h2-4,11H,5-8H2,1H3. The van der Waals surface area contributed by atoms with Crippen molar-refractivity contribution in [3.05, 3.63) is 18.5 Å². The molecule has 1 N–H and O–H groups in total. The van der Waals surface area contributed by atoms with Gasteiger partial charge in [-0.1, -0.05) is 0 Å². The molecule has 1 aromatic heterocycles. The number of nitrogens with one attached hydrogen (secondary N) is 1. The molecule has 1 aromatic rings. The summed E-state index contributed by atoms with van der Waals surface area (Å²) in [6.45, 7) is 5.37. The van der Waals surface area contributed by atoms with Crippen LogP contribution in [0.15, 0.2) is 18.5 Å². The molecule has 2 rings (SSSR count). The van der Waals surface area contributed by atoms with E-state index in [1.54, 1.807) is 12.4 Å². The molecule has 1 saturated heterocycles. The van der Waals surface area contributed by atoms with E-state index in [1.165, 1.54) is 0 Å². The summed E-state index contributed by atoms with van der Waals surface area (Å²) in [6, 6.07) is 1.82. The first-order valence-corrected chi connectivity index (χ1v) is 5.09. The minimum atomic E-state index is 0.642. The first kappa shape index (κ1) is 9.89. The Labute approximate surface area is 89.3 Å². The van der Waals surface area contributed by atoms with Gasteiger partial charge in [0.05, 0.1) is 5.84 Å². The minimum Gasteiger partial charge on any atom is -0.357 e. The van der Waals surface area contributed by atoms with E-state index in [1.807, 2.05) is 13.0 Å². The number of aromatic nitrogens is 2. The number of anilines is 1. The maximum Gasteiger partial charge on any atom is 0.225 e. The van der Waals surface area contributed by atoms with Crippen LogP contribution in [0.2, 0.25) is 0 Å². The number of hydrogen-bond donors (Lipinski definition) is 1. The van der Waals surface area contributed by atoms with Crippen molar-refractivity contribution in [3.63, 3.8) is 0 Å². The number of piperazine rings is 1. The molecule has 0 spiro atoms. The van der Waals surface area contributed by atoms with Crippen LogP contribution in [0.5, 0.6) is 0 Å². The Balaban J connectivity index is 1.97. The van der Waals surface area contributed by atoms with E-state index >= 15 is 0 Å². The van der Waals surface area contributed by atoms with Gasteiger partial charge in [0, 0.05) is 38.6 Å². The lowest BCUT2D eigenvalue weighted by Gasteiger charge is -2.35. The molecule has 80 valence electrons. The normalized spacial score (nSPS) is 16.6. The largest absolute Gasteiger partial charge is 0.357 e. The van der Waals surface area contributed by atoms with Gasteiger partial charge in [0.1, 0.15) is 0 Å². The highest BCUT2D eigenvalue weighted by Crippen LogP contribution is 2.09. The monoisotopic (exact) mass is 205 g/mol. The van der Waals surface area contributed by atoms with Crippen LogP contribution in [0.3, 0.4) is 0 Å². The molecular weight excluding hydrogens is 190 g/mol. The summed E-state index contributed by atoms with van der Waals surface area (Å²) in [4.78, 5) is 12.7. The van der Waals surface area contributed by atoms with Crippen LogP contribution in [0.4, 0.5) is 5.95 Å². The van der Waals surface area contributed by atoms with E-state index in [2.05, 4.69) is 19.8 Å². The van der Waals surface area contributed by atoms with E-state index in [9.17, 15) is 0 Å². The molecule has 1 aliphatic rings. The van der Waals surface area contributed by atoms with Crippen LogP contribution in [-0.2, 0) is 0 Å². The Hall–Kier alpha value is -1.65. The summed E-state index contributed by atoms with van der Waals surface area (Å²) in [5.41, 5.74) is 0. The van der Waals surface area contributed by atoms with E-state index in [0.29, 0.717) is 5.84 Å². The molecular formula is C10H15N5. The maximum atomic E-state index is 7.54. The smallest absolute Gasteiger partial charge is 0.225 e. The van der Waals surface area contributed by atoms with E-state index < -0.39 is 0 Å². The fraction of sp³-hybridized carbons (Fsp3) is 0.500. The Kier molecular flexibility index (Phi) is 2.80. The zero-order valence-electron chi connectivity index (χ0n) is 8.85. The Morgan fingerprint density at radius 1 is 1.20 bits per heavy atom. The Bertz CT molecular complexity index is 329. The third kappa shape index (κ3) is 2.23. The molecule has 0 unspecified atom stereocenters. The van der Waals surface area contributed by atoms with Crippen LogP contribution in [0, 0.1) is 5.41 Å². The lowest BCUT2D eigenvalue weighted by molar-refractivity contribution is 0.379. The van der Waals surface area contributed by atoms with Crippen LogP contribution in [-0.4, -0.2) is 46.9 Å². The molecule has 0 saturated carbocycles.